The van der Waals surface area contributed by atoms with E-state index in [0.29, 0.717) is 11.3 Å². The molecule has 0 saturated heterocycles. The number of phenols is 3. The Morgan fingerprint density at radius 3 is 2.41 bits per heavy atom. The van der Waals surface area contributed by atoms with Crippen molar-refractivity contribution in [3.63, 3.8) is 0 Å². The van der Waals surface area contributed by atoms with E-state index in [0.717, 1.165) is 18.6 Å². The first-order chi connectivity index (χ1) is 13.7. The normalized spacial score (nSPS) is 13.2. The van der Waals surface area contributed by atoms with Crippen LogP contribution in [0.3, 0.4) is 0 Å². The maximum atomic E-state index is 12.3. The summed E-state index contributed by atoms with van der Waals surface area (Å²) in [7, 11) is 0. The molecule has 5 N–H and O–H groups in total. The van der Waals surface area contributed by atoms with E-state index >= 15 is 0 Å². The lowest BCUT2D eigenvalue weighted by atomic mass is 10.0. The highest BCUT2D eigenvalue weighted by molar-refractivity contribution is 5.89. The Morgan fingerprint density at radius 1 is 1.14 bits per heavy atom. The van der Waals surface area contributed by atoms with Crippen LogP contribution in [0.2, 0.25) is 0 Å². The van der Waals surface area contributed by atoms with Gasteiger partial charge in [0.15, 0.2) is 16.9 Å². The number of fused-ring (bicyclic) bond motifs is 1. The van der Waals surface area contributed by atoms with Gasteiger partial charge in [-0.15, -0.1) is 0 Å². The van der Waals surface area contributed by atoms with Gasteiger partial charge in [-0.25, -0.2) is 4.79 Å². The molecular weight excluding hydrogens is 378 g/mol. The van der Waals surface area contributed by atoms with E-state index in [1.807, 2.05) is 13.8 Å². The highest BCUT2D eigenvalue weighted by atomic mass is 16.5. The van der Waals surface area contributed by atoms with Crippen LogP contribution in [0.25, 0.3) is 22.3 Å². The van der Waals surface area contributed by atoms with E-state index in [1.54, 1.807) is 12.1 Å². The van der Waals surface area contributed by atoms with Crippen LogP contribution in [0, 0.1) is 5.92 Å². The molecule has 0 bridgehead atoms. The summed E-state index contributed by atoms with van der Waals surface area (Å²) >= 11 is 0. The minimum Gasteiger partial charge on any atom is -0.504 e. The number of phenolic OH excluding ortho intramolecular Hbond substituents is 3. The SMILES string of the molecule is CCC(C)[C@H](N)C(=O)Oc1ccc(-c2cc(=O)c3c(O)c(O)c(O)cc3o2)cc1. The minimum absolute atomic E-state index is 0.0130. The fourth-order valence-electron chi connectivity index (χ4n) is 2.78. The van der Waals surface area contributed by atoms with Crippen LogP contribution in [-0.4, -0.2) is 27.3 Å². The number of carbonyl (C=O) groups is 1. The van der Waals surface area contributed by atoms with Gasteiger partial charge in [0.05, 0.1) is 0 Å². The summed E-state index contributed by atoms with van der Waals surface area (Å²) in [5.74, 6) is -2.24. The summed E-state index contributed by atoms with van der Waals surface area (Å²) in [6.45, 7) is 3.80. The molecule has 2 aromatic carbocycles. The predicted molar refractivity (Wildman–Crippen MR) is 106 cm³/mol. The molecule has 0 saturated carbocycles. The Morgan fingerprint density at radius 2 is 1.79 bits per heavy atom. The van der Waals surface area contributed by atoms with Gasteiger partial charge < -0.3 is 30.2 Å². The van der Waals surface area contributed by atoms with Gasteiger partial charge in [0.2, 0.25) is 5.75 Å². The van der Waals surface area contributed by atoms with Gasteiger partial charge in [0.1, 0.15) is 28.5 Å². The van der Waals surface area contributed by atoms with Gasteiger partial charge in [-0.1, -0.05) is 20.3 Å². The van der Waals surface area contributed by atoms with E-state index in [4.69, 9.17) is 14.9 Å². The smallest absolute Gasteiger partial charge is 0.328 e. The molecule has 0 aliphatic rings. The third-order valence-electron chi connectivity index (χ3n) is 4.83. The molecular formula is C21H21NO7. The number of nitrogens with two attached hydrogens (primary N) is 1. The van der Waals surface area contributed by atoms with Crippen LogP contribution in [-0.2, 0) is 4.79 Å². The van der Waals surface area contributed by atoms with Gasteiger partial charge in [0, 0.05) is 17.7 Å². The van der Waals surface area contributed by atoms with Crippen molar-refractivity contribution < 1.29 is 29.3 Å². The Bertz CT molecular complexity index is 1120. The van der Waals surface area contributed by atoms with Gasteiger partial charge in [-0.05, 0) is 30.2 Å². The zero-order valence-corrected chi connectivity index (χ0v) is 15.9. The van der Waals surface area contributed by atoms with E-state index < -0.39 is 34.7 Å². The molecule has 0 aliphatic carbocycles. The fraction of sp³-hybridized carbons (Fsp3) is 0.238. The minimum atomic E-state index is -0.792. The van der Waals surface area contributed by atoms with Gasteiger partial charge in [-0.3, -0.25) is 4.79 Å². The molecule has 8 heteroatoms. The van der Waals surface area contributed by atoms with Crippen LogP contribution in [0.5, 0.6) is 23.0 Å². The Hall–Kier alpha value is -3.52. The molecule has 3 aromatic rings. The third kappa shape index (κ3) is 3.88. The average Bonchev–Trinajstić information content (AvgIpc) is 2.70. The van der Waals surface area contributed by atoms with E-state index in [-0.39, 0.29) is 22.6 Å². The molecule has 2 atom stereocenters. The number of rotatable bonds is 5. The number of ether oxygens (including phenoxy) is 1. The molecule has 152 valence electrons. The first-order valence-electron chi connectivity index (χ1n) is 9.02. The molecule has 3 rings (SSSR count). The molecule has 0 amide bonds. The lowest BCUT2D eigenvalue weighted by Gasteiger charge is -2.16. The summed E-state index contributed by atoms with van der Waals surface area (Å²) in [5, 5.41) is 28.8. The largest absolute Gasteiger partial charge is 0.504 e. The van der Waals surface area contributed by atoms with Crippen molar-refractivity contribution in [2.75, 3.05) is 0 Å². The molecule has 8 nitrogen and oxygen atoms in total. The van der Waals surface area contributed by atoms with Gasteiger partial charge >= 0.3 is 5.97 Å². The fourth-order valence-corrected chi connectivity index (χ4v) is 2.78. The van der Waals surface area contributed by atoms with E-state index in [2.05, 4.69) is 0 Å². The Kier molecular flexibility index (Phi) is 5.47. The summed E-state index contributed by atoms with van der Waals surface area (Å²) in [6.07, 6.45) is 0.749. The first kappa shape index (κ1) is 20.2. The van der Waals surface area contributed by atoms with Crippen molar-refractivity contribution >= 4 is 16.9 Å². The topological polar surface area (TPSA) is 143 Å². The van der Waals surface area contributed by atoms with Crippen molar-refractivity contribution in [3.05, 3.63) is 46.6 Å². The molecule has 1 unspecified atom stereocenters. The van der Waals surface area contributed by atoms with Crippen molar-refractivity contribution in [3.8, 4) is 34.3 Å². The van der Waals surface area contributed by atoms with E-state index in [1.165, 1.54) is 12.1 Å². The second-order valence-electron chi connectivity index (χ2n) is 6.80. The van der Waals surface area contributed by atoms with Gasteiger partial charge in [0.25, 0.3) is 0 Å². The first-order valence-corrected chi connectivity index (χ1v) is 9.02. The van der Waals surface area contributed by atoms with Crippen LogP contribution in [0.4, 0.5) is 0 Å². The number of hydrogen-bond acceptors (Lipinski definition) is 8. The second-order valence-corrected chi connectivity index (χ2v) is 6.80. The number of carbonyl (C=O) groups excluding carboxylic acids is 1. The summed E-state index contributed by atoms with van der Waals surface area (Å²) in [5.41, 5.74) is 5.68. The van der Waals surface area contributed by atoms with Crippen molar-refractivity contribution in [2.45, 2.75) is 26.3 Å². The second kappa shape index (κ2) is 7.84. The zero-order chi connectivity index (χ0) is 21.3. The van der Waals surface area contributed by atoms with Crippen LogP contribution >= 0.6 is 0 Å². The molecule has 29 heavy (non-hydrogen) atoms. The Balaban J connectivity index is 1.90. The average molecular weight is 399 g/mol. The zero-order valence-electron chi connectivity index (χ0n) is 15.9. The summed E-state index contributed by atoms with van der Waals surface area (Å²) in [4.78, 5) is 24.4. The highest BCUT2D eigenvalue weighted by Crippen LogP contribution is 2.40. The number of esters is 1. The van der Waals surface area contributed by atoms with Gasteiger partial charge in [-0.2, -0.15) is 0 Å². The molecule has 1 heterocycles. The molecule has 0 fully saturated rings. The molecule has 1 aromatic heterocycles. The lowest BCUT2D eigenvalue weighted by molar-refractivity contribution is -0.137. The third-order valence-corrected chi connectivity index (χ3v) is 4.83. The van der Waals surface area contributed by atoms with Crippen LogP contribution in [0.1, 0.15) is 20.3 Å². The number of benzene rings is 2. The monoisotopic (exact) mass is 399 g/mol. The van der Waals surface area contributed by atoms with Crippen LogP contribution in [0.15, 0.2) is 45.6 Å². The number of aromatic hydroxyl groups is 3. The molecule has 0 radical (unpaired) electrons. The Labute approximate surface area is 165 Å². The predicted octanol–water partition coefficient (Wildman–Crippen LogP) is 2.86. The summed E-state index contributed by atoms with van der Waals surface area (Å²) < 4.78 is 10.9. The molecule has 0 spiro atoms. The quantitative estimate of drug-likeness (QED) is 0.291. The number of hydrogen-bond donors (Lipinski definition) is 4. The standard InChI is InChI=1S/C21H21NO7/c1-3-10(2)18(22)21(27)28-12-6-4-11(5-7-12)15-8-13(23)17-16(29-15)9-14(24)19(25)20(17)26/h4-10,18,24-26H,3,22H2,1-2H3/t10?,18-/m0/s1. The molecule has 0 aliphatic heterocycles. The highest BCUT2D eigenvalue weighted by Gasteiger charge is 2.22. The van der Waals surface area contributed by atoms with E-state index in [9.17, 15) is 24.9 Å². The maximum Gasteiger partial charge on any atom is 0.328 e. The van der Waals surface area contributed by atoms with Crippen molar-refractivity contribution in [1.29, 1.82) is 0 Å². The lowest BCUT2D eigenvalue weighted by Crippen LogP contribution is -2.39. The van der Waals surface area contributed by atoms with Crippen molar-refractivity contribution in [1.82, 2.24) is 0 Å². The maximum absolute atomic E-state index is 12.3. The summed E-state index contributed by atoms with van der Waals surface area (Å²) in [6, 6.07) is 7.71. The van der Waals surface area contributed by atoms with Crippen LogP contribution < -0.4 is 15.9 Å². The van der Waals surface area contributed by atoms with Crippen molar-refractivity contribution in [2.24, 2.45) is 11.7 Å².